The van der Waals surface area contributed by atoms with Crippen LogP contribution in [0.1, 0.15) is 37.4 Å². The first-order valence-electron chi connectivity index (χ1n) is 11.8. The summed E-state index contributed by atoms with van der Waals surface area (Å²) in [6, 6.07) is 4.81. The third kappa shape index (κ3) is 3.50. The van der Waals surface area contributed by atoms with Gasteiger partial charge in [0, 0.05) is 24.3 Å². The Hall–Kier alpha value is -2.93. The highest BCUT2D eigenvalue weighted by Crippen LogP contribution is 2.41. The van der Waals surface area contributed by atoms with E-state index in [1.807, 2.05) is 12.1 Å². The van der Waals surface area contributed by atoms with Crippen molar-refractivity contribution in [1.29, 1.82) is 0 Å². The van der Waals surface area contributed by atoms with Crippen molar-refractivity contribution < 1.29 is 18.6 Å². The van der Waals surface area contributed by atoms with E-state index < -0.39 is 6.17 Å². The number of halogens is 1. The molecule has 0 aromatic heterocycles. The van der Waals surface area contributed by atoms with Crippen LogP contribution in [0.4, 0.5) is 4.39 Å². The molecule has 33 heavy (non-hydrogen) atoms. The number of rotatable bonds is 6. The number of nitrogens with one attached hydrogen (secondary N) is 2. The number of allylic oxidation sites excluding steroid dienone is 2. The Morgan fingerprint density at radius 1 is 1.39 bits per heavy atom. The van der Waals surface area contributed by atoms with Crippen molar-refractivity contribution in [1.82, 2.24) is 10.6 Å². The third-order valence-corrected chi connectivity index (χ3v) is 7.82. The molecule has 2 N–H and O–H groups in total. The van der Waals surface area contributed by atoms with Crippen LogP contribution < -0.4 is 10.6 Å². The highest BCUT2D eigenvalue weighted by molar-refractivity contribution is 6.10. The quantitative estimate of drug-likeness (QED) is 0.518. The largest absolute Gasteiger partial charge is 0.345 e. The average Bonchev–Trinajstić information content (AvgIpc) is 3.53. The van der Waals surface area contributed by atoms with Crippen LogP contribution in [-0.4, -0.2) is 53.5 Å². The molecule has 7 heteroatoms. The fraction of sp³-hybridized carbons (Fsp3) is 0.462. The molecule has 3 aliphatic heterocycles. The monoisotopic (exact) mass is 449 g/mol. The lowest BCUT2D eigenvalue weighted by Gasteiger charge is -2.48. The molecule has 6 nitrogen and oxygen atoms in total. The Bertz CT molecular complexity index is 1120. The second-order valence-corrected chi connectivity index (χ2v) is 9.54. The van der Waals surface area contributed by atoms with Crippen molar-refractivity contribution in [3.05, 3.63) is 58.9 Å². The number of benzene rings is 1. The predicted octanol–water partition coefficient (Wildman–Crippen LogP) is 2.48. The molecule has 1 saturated heterocycles. The highest BCUT2D eigenvalue weighted by atomic mass is 19.1. The van der Waals surface area contributed by atoms with E-state index in [-0.39, 0.29) is 41.7 Å². The van der Waals surface area contributed by atoms with Gasteiger partial charge in [-0.05, 0) is 48.1 Å². The fourth-order valence-electron chi connectivity index (χ4n) is 5.95. The Labute approximate surface area is 193 Å². The van der Waals surface area contributed by atoms with E-state index in [0.29, 0.717) is 18.0 Å². The van der Waals surface area contributed by atoms with Gasteiger partial charge in [-0.3, -0.25) is 9.79 Å². The van der Waals surface area contributed by atoms with Crippen molar-refractivity contribution in [3.8, 4) is 0 Å². The van der Waals surface area contributed by atoms with E-state index in [4.69, 9.17) is 0 Å². The molecule has 2 fully saturated rings. The van der Waals surface area contributed by atoms with Gasteiger partial charge in [0.25, 0.3) is 6.17 Å². The van der Waals surface area contributed by atoms with Crippen molar-refractivity contribution in [2.75, 3.05) is 6.54 Å². The number of hydrogen-bond acceptors (Lipinski definition) is 4. The maximum absolute atomic E-state index is 13.8. The molecule has 7 unspecified atom stereocenters. The van der Waals surface area contributed by atoms with E-state index in [1.165, 1.54) is 6.07 Å². The molecule has 172 valence electrons. The van der Waals surface area contributed by atoms with Gasteiger partial charge in [0.2, 0.25) is 5.71 Å². The third-order valence-electron chi connectivity index (χ3n) is 7.82. The first-order chi connectivity index (χ1) is 15.9. The molecule has 1 aromatic rings. The summed E-state index contributed by atoms with van der Waals surface area (Å²) in [5, 5.41) is 6.49. The highest BCUT2D eigenvalue weighted by Gasteiger charge is 2.51. The van der Waals surface area contributed by atoms with Crippen LogP contribution in [0.15, 0.2) is 47.0 Å². The summed E-state index contributed by atoms with van der Waals surface area (Å²) < 4.78 is 15.9. The number of hydrogen-bond donors (Lipinski definition) is 2. The molecule has 0 radical (unpaired) electrons. The van der Waals surface area contributed by atoms with Gasteiger partial charge in [0.15, 0.2) is 6.04 Å². The van der Waals surface area contributed by atoms with Crippen molar-refractivity contribution in [2.45, 2.75) is 51.5 Å². The second-order valence-electron chi connectivity index (χ2n) is 9.54. The number of aliphatic imine (C=N–C) groups is 1. The molecule has 0 bridgehead atoms. The summed E-state index contributed by atoms with van der Waals surface area (Å²) in [5.41, 5.74) is 3.46. The van der Waals surface area contributed by atoms with Crippen LogP contribution >= 0.6 is 0 Å². The molecule has 7 atom stereocenters. The number of nitrogens with zero attached hydrogens (tertiary/aromatic N) is 2. The molecule has 1 aromatic carbocycles. The van der Waals surface area contributed by atoms with Gasteiger partial charge in [0.05, 0.1) is 12.1 Å². The summed E-state index contributed by atoms with van der Waals surface area (Å²) in [5.74, 6) is 0.148. The van der Waals surface area contributed by atoms with Gasteiger partial charge in [-0.25, -0.2) is 9.71 Å². The molecule has 5 rings (SSSR count). The minimum Gasteiger partial charge on any atom is -0.345 e. The van der Waals surface area contributed by atoms with E-state index in [9.17, 15) is 14.0 Å². The summed E-state index contributed by atoms with van der Waals surface area (Å²) in [6.07, 6.45) is 9.33. The van der Waals surface area contributed by atoms with Crippen molar-refractivity contribution in [3.63, 3.8) is 0 Å². The van der Waals surface area contributed by atoms with Crippen LogP contribution in [0, 0.1) is 30.5 Å². The Morgan fingerprint density at radius 2 is 2.21 bits per heavy atom. The Kier molecular flexibility index (Phi) is 5.60. The minimum absolute atomic E-state index is 0.0805. The van der Waals surface area contributed by atoms with Crippen LogP contribution in [0.3, 0.4) is 0 Å². The zero-order valence-electron chi connectivity index (χ0n) is 19.2. The number of carbonyl (C=O) groups excluding carboxylic acids is 2. The van der Waals surface area contributed by atoms with E-state index in [1.54, 1.807) is 19.2 Å². The van der Waals surface area contributed by atoms with Crippen molar-refractivity contribution in [2.24, 2.45) is 22.7 Å². The van der Waals surface area contributed by atoms with Gasteiger partial charge in [-0.15, -0.1) is 0 Å². The summed E-state index contributed by atoms with van der Waals surface area (Å²) in [6.45, 7) is 6.62. The normalized spacial score (nSPS) is 34.3. The minimum atomic E-state index is -0.516. The number of aryl methyl sites for hydroxylation is 1. The van der Waals surface area contributed by atoms with E-state index in [2.05, 4.69) is 46.2 Å². The topological polar surface area (TPSA) is 73.6 Å². The summed E-state index contributed by atoms with van der Waals surface area (Å²) in [7, 11) is 0. The standard InChI is InChI=1S/C26H29FN4O2/c1-4-18-15(3)23(20(18)13-32)30-26(33)25-29-12-17-6-8-22(31(17)25)19-9-10-28-24(19)16-5-7-21(27)14(2)11-16/h5-11,13,15,17-18,20,23-25,29H,4,12H2,1-3H3/p+1. The van der Waals surface area contributed by atoms with Crippen molar-refractivity contribution >= 4 is 24.1 Å². The van der Waals surface area contributed by atoms with Gasteiger partial charge in [-0.2, -0.15) is 4.58 Å². The summed E-state index contributed by atoms with van der Waals surface area (Å²) >= 11 is 0. The lowest BCUT2D eigenvalue weighted by atomic mass is 9.61. The molecule has 4 aliphatic rings. The maximum atomic E-state index is 13.8. The van der Waals surface area contributed by atoms with E-state index in [0.717, 1.165) is 29.6 Å². The molecule has 1 amide bonds. The molecule has 3 heterocycles. The van der Waals surface area contributed by atoms with Gasteiger partial charge >= 0.3 is 5.91 Å². The van der Waals surface area contributed by atoms with Crippen LogP contribution in [-0.2, 0) is 9.59 Å². The maximum Gasteiger partial charge on any atom is 0.305 e. The lowest BCUT2D eigenvalue weighted by Crippen LogP contribution is -2.62. The zero-order chi connectivity index (χ0) is 23.3. The number of carbonyl (C=O) groups is 2. The molecule has 0 spiro atoms. The van der Waals surface area contributed by atoms with E-state index >= 15 is 0 Å². The molecule has 1 aliphatic carbocycles. The number of amides is 1. The van der Waals surface area contributed by atoms with Gasteiger partial charge in [0.1, 0.15) is 18.1 Å². The van der Waals surface area contributed by atoms with Crippen LogP contribution in [0.5, 0.6) is 0 Å². The van der Waals surface area contributed by atoms with Crippen LogP contribution in [0.2, 0.25) is 0 Å². The second kappa shape index (κ2) is 8.45. The molecular formula is C26H30FN4O2+. The molecular weight excluding hydrogens is 419 g/mol. The Balaban J connectivity index is 1.40. The summed E-state index contributed by atoms with van der Waals surface area (Å²) in [4.78, 5) is 29.6. The average molecular weight is 450 g/mol. The SMILES string of the molecule is CCC1C(C)C(NC(=O)C2NCC3C=CC(C4=CC=NC4c4ccc(F)c(C)c4)=[N+]32)C1C=O. The predicted molar refractivity (Wildman–Crippen MR) is 125 cm³/mol. The number of aldehydes is 1. The first kappa shape index (κ1) is 21.9. The molecule has 1 saturated carbocycles. The van der Waals surface area contributed by atoms with Gasteiger partial charge in [-0.1, -0.05) is 32.4 Å². The zero-order valence-corrected chi connectivity index (χ0v) is 19.2. The fourth-order valence-corrected chi connectivity index (χ4v) is 5.95. The lowest BCUT2D eigenvalue weighted by molar-refractivity contribution is -0.552. The van der Waals surface area contributed by atoms with Gasteiger partial charge < -0.3 is 10.1 Å². The Morgan fingerprint density at radius 3 is 2.94 bits per heavy atom. The first-order valence-corrected chi connectivity index (χ1v) is 11.8. The van der Waals surface area contributed by atoms with Crippen LogP contribution in [0.25, 0.3) is 0 Å². The number of fused-ring (bicyclic) bond motifs is 1. The smallest absolute Gasteiger partial charge is 0.305 e.